The van der Waals surface area contributed by atoms with Crippen molar-refractivity contribution in [2.75, 3.05) is 0 Å². The molecular weight excluding hydrogens is 612 g/mol. The number of nitrogens with zero attached hydrogens (tertiary/aromatic N) is 2. The Kier molecular flexibility index (Phi) is 7.97. The second kappa shape index (κ2) is 12.1. The van der Waals surface area contributed by atoms with Crippen LogP contribution in [-0.2, 0) is 23.9 Å². The first kappa shape index (κ1) is 32.8. The van der Waals surface area contributed by atoms with Crippen molar-refractivity contribution in [3.63, 3.8) is 0 Å². The number of pyridine rings is 2. The van der Waals surface area contributed by atoms with Crippen LogP contribution in [0.4, 0.5) is 4.39 Å². The van der Waals surface area contributed by atoms with Gasteiger partial charge in [-0.3, -0.25) is 0 Å². The minimum absolute atomic E-state index is 0.0910. The topological polar surface area (TPSA) is 7.76 Å². The Hall–Kier alpha value is -4.37. The highest BCUT2D eigenvalue weighted by Gasteiger charge is 2.51. The van der Waals surface area contributed by atoms with Crippen LogP contribution < -0.4 is 9.13 Å². The highest BCUT2D eigenvalue weighted by atomic mass is 19.1. The molecule has 2 aliphatic rings. The van der Waals surface area contributed by atoms with Crippen molar-refractivity contribution in [3.05, 3.63) is 130 Å². The lowest BCUT2D eigenvalue weighted by Crippen LogP contribution is -2.57. The zero-order chi connectivity index (χ0) is 34.9. The summed E-state index contributed by atoms with van der Waals surface area (Å²) in [5.41, 5.74) is 11.7. The van der Waals surface area contributed by atoms with Gasteiger partial charge in [-0.05, 0) is 77.9 Å². The largest absolute Gasteiger partial charge is 0.221 e. The molecule has 254 valence electrons. The molecule has 3 heteroatoms. The van der Waals surface area contributed by atoms with E-state index in [0.29, 0.717) is 0 Å². The minimum atomic E-state index is -0.473. The number of fused-ring (bicyclic) bond motifs is 1. The summed E-state index contributed by atoms with van der Waals surface area (Å²) in [7, 11) is 0. The van der Waals surface area contributed by atoms with E-state index in [1.165, 1.54) is 79.2 Å². The van der Waals surface area contributed by atoms with Crippen LogP contribution in [0.5, 0.6) is 0 Å². The first-order valence-electron chi connectivity index (χ1n) is 19.0. The zero-order valence-electron chi connectivity index (χ0n) is 31.0. The molecule has 1 aliphatic heterocycles. The fraction of sp³-hybridized carbons (Fsp3) is 0.362. The number of halogens is 1. The van der Waals surface area contributed by atoms with Gasteiger partial charge < -0.3 is 0 Å². The van der Waals surface area contributed by atoms with Crippen molar-refractivity contribution in [1.29, 1.82) is 0 Å². The molecule has 0 spiro atoms. The van der Waals surface area contributed by atoms with Gasteiger partial charge in [0.05, 0.1) is 22.3 Å². The summed E-state index contributed by atoms with van der Waals surface area (Å²) in [5.74, 6) is 0.0848. The van der Waals surface area contributed by atoms with Crippen LogP contribution in [0.25, 0.3) is 44.1 Å². The average Bonchev–Trinajstić information content (AvgIpc) is 3.23. The fourth-order valence-corrected chi connectivity index (χ4v) is 9.78. The van der Waals surface area contributed by atoms with Crippen LogP contribution in [-0.4, -0.2) is 0 Å². The van der Waals surface area contributed by atoms with Gasteiger partial charge in [0.1, 0.15) is 5.82 Å². The predicted molar refractivity (Wildman–Crippen MR) is 205 cm³/mol. The average molecular weight is 663 g/mol. The van der Waals surface area contributed by atoms with Gasteiger partial charge in [-0.2, -0.15) is 9.13 Å². The normalized spacial score (nSPS) is 16.9. The molecule has 0 fully saturated rings. The lowest BCUT2D eigenvalue weighted by Gasteiger charge is -2.36. The molecule has 0 saturated carbocycles. The first-order valence-corrected chi connectivity index (χ1v) is 19.0. The summed E-state index contributed by atoms with van der Waals surface area (Å²) in [4.78, 5) is 0. The van der Waals surface area contributed by atoms with E-state index < -0.39 is 5.41 Å². The highest BCUT2D eigenvalue weighted by Crippen LogP contribution is 2.54. The van der Waals surface area contributed by atoms with E-state index in [9.17, 15) is 0 Å². The molecule has 0 saturated heterocycles. The van der Waals surface area contributed by atoms with Crippen molar-refractivity contribution >= 4 is 21.5 Å². The summed E-state index contributed by atoms with van der Waals surface area (Å²) >= 11 is 0. The molecule has 50 heavy (non-hydrogen) atoms. The summed E-state index contributed by atoms with van der Waals surface area (Å²) in [6, 6.07) is 28.9. The number of benzene rings is 4. The molecule has 2 aromatic heterocycles. The van der Waals surface area contributed by atoms with E-state index in [1.807, 2.05) is 0 Å². The number of hydrogen-bond acceptors (Lipinski definition) is 0. The zero-order valence-corrected chi connectivity index (χ0v) is 31.0. The fourth-order valence-electron chi connectivity index (χ4n) is 9.78. The molecule has 0 bridgehead atoms. The molecule has 3 heterocycles. The van der Waals surface area contributed by atoms with Gasteiger partial charge in [-0.15, -0.1) is 0 Å². The van der Waals surface area contributed by atoms with E-state index in [2.05, 4.69) is 143 Å². The number of rotatable bonds is 8. The second-order valence-corrected chi connectivity index (χ2v) is 15.8. The van der Waals surface area contributed by atoms with E-state index in [0.717, 1.165) is 43.4 Å². The summed E-state index contributed by atoms with van der Waals surface area (Å²) in [6.45, 7) is 16.7. The third kappa shape index (κ3) is 4.79. The van der Waals surface area contributed by atoms with Gasteiger partial charge in [-0.1, -0.05) is 95.1 Å². The molecule has 0 N–H and O–H groups in total. The maximum atomic E-state index is 16.6. The molecule has 0 amide bonds. The third-order valence-corrected chi connectivity index (χ3v) is 12.6. The van der Waals surface area contributed by atoms with Crippen LogP contribution in [0.2, 0.25) is 0 Å². The van der Waals surface area contributed by atoms with Crippen LogP contribution >= 0.6 is 0 Å². The molecule has 0 radical (unpaired) electrons. The predicted octanol–water partition coefficient (Wildman–Crippen LogP) is 11.3. The van der Waals surface area contributed by atoms with Gasteiger partial charge in [0.15, 0.2) is 24.5 Å². The molecule has 4 aromatic carbocycles. The highest BCUT2D eigenvalue weighted by molar-refractivity contribution is 6.02. The summed E-state index contributed by atoms with van der Waals surface area (Å²) in [6.07, 6.45) is 11.1. The Bertz CT molecular complexity index is 2310. The van der Waals surface area contributed by atoms with Crippen molar-refractivity contribution < 1.29 is 13.5 Å². The van der Waals surface area contributed by atoms with Crippen molar-refractivity contribution in [1.82, 2.24) is 0 Å². The third-order valence-electron chi connectivity index (χ3n) is 12.6. The monoisotopic (exact) mass is 662 g/mol. The maximum Gasteiger partial charge on any atom is 0.221 e. The quantitative estimate of drug-likeness (QED) is 0.143. The Morgan fingerprint density at radius 2 is 1.62 bits per heavy atom. The molecular formula is C47H51FN2+2. The molecule has 1 unspecified atom stereocenters. The number of aromatic nitrogens is 2. The van der Waals surface area contributed by atoms with Gasteiger partial charge in [0.2, 0.25) is 11.4 Å². The molecule has 6 aromatic rings. The van der Waals surface area contributed by atoms with Crippen LogP contribution in [0.15, 0.2) is 91.3 Å². The van der Waals surface area contributed by atoms with E-state index >= 15 is 4.39 Å². The van der Waals surface area contributed by atoms with Gasteiger partial charge in [-0.25, -0.2) is 4.39 Å². The minimum Gasteiger partial charge on any atom is -0.207 e. The van der Waals surface area contributed by atoms with E-state index in [-0.39, 0.29) is 17.3 Å². The Morgan fingerprint density at radius 3 is 2.40 bits per heavy atom. The lowest BCUT2D eigenvalue weighted by atomic mass is 9.67. The van der Waals surface area contributed by atoms with E-state index in [4.69, 9.17) is 0 Å². The van der Waals surface area contributed by atoms with Gasteiger partial charge >= 0.3 is 0 Å². The summed E-state index contributed by atoms with van der Waals surface area (Å²) < 4.78 is 21.7. The maximum absolute atomic E-state index is 16.6. The smallest absolute Gasteiger partial charge is 0.207 e. The van der Waals surface area contributed by atoms with Gasteiger partial charge in [0, 0.05) is 47.9 Å². The number of unbranched alkanes of at least 4 members (excludes halogenated alkanes) is 1. The molecule has 2 nitrogen and oxygen atoms in total. The molecule has 1 atom stereocenters. The SMILES string of the molecule is CCCCc1ccc2c3c4[n+](ccc13)C(CC)(CC)CC(C[n+]1ccc3ccccc3c1-c1cc(C)ccc1C)c1ccc(F)c(c1-4)C2(C)C. The van der Waals surface area contributed by atoms with Crippen LogP contribution in [0, 0.1) is 19.7 Å². The number of hydrogen-bond donors (Lipinski definition) is 0. The van der Waals surface area contributed by atoms with Crippen molar-refractivity contribution in [2.24, 2.45) is 0 Å². The lowest BCUT2D eigenvalue weighted by molar-refractivity contribution is -0.758. The molecule has 8 rings (SSSR count). The van der Waals surface area contributed by atoms with Crippen molar-refractivity contribution in [2.45, 2.75) is 110 Å². The Balaban J connectivity index is 1.43. The Morgan fingerprint density at radius 1 is 0.820 bits per heavy atom. The summed E-state index contributed by atoms with van der Waals surface area (Å²) in [5, 5.41) is 5.20. The second-order valence-electron chi connectivity index (χ2n) is 15.8. The van der Waals surface area contributed by atoms with E-state index in [1.54, 1.807) is 6.07 Å². The molecule has 1 aliphatic carbocycles. The standard InChI is InChI=1S/C47H51FN2/c1-8-11-14-32-19-21-39-41-36(32)24-26-50-45(41)42-35(20-22-40(48)43(42)46(39,6)7)34(28-47(50,9-2)10-3)29-49-25-23-33-15-12-13-16-37(33)44(49)38-27-30(4)17-18-31(38)5/h12-13,15-27,34H,8-11,14,28-29H2,1-7H3/q+2. The van der Waals surface area contributed by atoms with Crippen molar-refractivity contribution in [3.8, 4) is 22.5 Å². The van der Waals surface area contributed by atoms with Gasteiger partial charge in [0.25, 0.3) is 0 Å². The van der Waals surface area contributed by atoms with Crippen LogP contribution in [0.3, 0.4) is 0 Å². The Labute approximate surface area is 297 Å². The van der Waals surface area contributed by atoms with Crippen LogP contribution in [0.1, 0.15) is 106 Å². The first-order chi connectivity index (χ1) is 24.1. The number of aryl methyl sites for hydroxylation is 3.